The minimum Gasteiger partial charge on any atom is -0.496 e. The van der Waals surface area contributed by atoms with E-state index in [0.29, 0.717) is 25.0 Å². The molecule has 0 radical (unpaired) electrons. The van der Waals surface area contributed by atoms with Crippen LogP contribution in [0.25, 0.3) is 5.57 Å². The Kier molecular flexibility index (Phi) is 12.4. The third kappa shape index (κ3) is 9.82. The molecule has 57 heavy (non-hydrogen) atoms. The average molecular weight is 829 g/mol. The van der Waals surface area contributed by atoms with Gasteiger partial charge in [-0.1, -0.05) is 23.7 Å². The van der Waals surface area contributed by atoms with Crippen molar-refractivity contribution in [1.82, 2.24) is 19.7 Å². The summed E-state index contributed by atoms with van der Waals surface area (Å²) in [6, 6.07) is 6.30. The maximum absolute atomic E-state index is 15.3. The van der Waals surface area contributed by atoms with Crippen LogP contribution in [-0.2, 0) is 27.2 Å². The number of benzene rings is 2. The minimum atomic E-state index is -0.847. The normalized spacial score (nSPS) is 18.4. The number of amides is 3. The summed E-state index contributed by atoms with van der Waals surface area (Å²) in [6.07, 6.45) is 3.48. The third-order valence-corrected chi connectivity index (χ3v) is 11.4. The van der Waals surface area contributed by atoms with Gasteiger partial charge in [-0.2, -0.15) is 0 Å². The summed E-state index contributed by atoms with van der Waals surface area (Å²) in [5.74, 6) is -1.36. The van der Waals surface area contributed by atoms with E-state index in [4.69, 9.17) is 30.5 Å². The van der Waals surface area contributed by atoms with E-state index in [0.717, 1.165) is 57.3 Å². The molecule has 2 aliphatic heterocycles. The summed E-state index contributed by atoms with van der Waals surface area (Å²) in [5, 5.41) is 0.339. The molecule has 0 N–H and O–H groups in total. The van der Waals surface area contributed by atoms with Crippen molar-refractivity contribution < 1.29 is 42.1 Å². The number of halogens is 3. The minimum absolute atomic E-state index is 0.0106. The van der Waals surface area contributed by atoms with Crippen molar-refractivity contribution in [2.45, 2.75) is 116 Å². The van der Waals surface area contributed by atoms with Crippen LogP contribution in [0.1, 0.15) is 88.2 Å². The summed E-state index contributed by atoms with van der Waals surface area (Å²) in [6.45, 7) is 13.3. The number of carbonyl (C=O) groups excluding carboxylic acids is 3. The SMILES string of the molecule is COc1cccc(CN(C(=O)C2=C(c3cnc(CCCOc4c(F)ccc(F)c4Cl)s3)CC3CN(C(=O)OC(C)(C)C)CC2N3C(=O)OC(C)(C)C)C2CC2)c1C. The molecule has 1 aliphatic carbocycles. The van der Waals surface area contributed by atoms with Crippen molar-refractivity contribution in [3.8, 4) is 11.5 Å². The van der Waals surface area contributed by atoms with Gasteiger partial charge in [-0.25, -0.2) is 23.4 Å². The second-order valence-corrected chi connectivity index (χ2v) is 18.2. The zero-order valence-corrected chi connectivity index (χ0v) is 35.3. The van der Waals surface area contributed by atoms with E-state index in [2.05, 4.69) is 4.98 Å². The van der Waals surface area contributed by atoms with Crippen molar-refractivity contribution in [2.24, 2.45) is 0 Å². The number of thiazole rings is 1. The fourth-order valence-corrected chi connectivity index (χ4v) is 8.46. The largest absolute Gasteiger partial charge is 0.496 e. The number of carbonyl (C=O) groups is 3. The Morgan fingerprint density at radius 3 is 2.33 bits per heavy atom. The van der Waals surface area contributed by atoms with E-state index in [1.54, 1.807) is 64.6 Å². The molecule has 15 heteroatoms. The molecule has 2 fully saturated rings. The van der Waals surface area contributed by atoms with Gasteiger partial charge in [-0.3, -0.25) is 9.69 Å². The van der Waals surface area contributed by atoms with Gasteiger partial charge in [-0.05, 0) is 109 Å². The molecular formula is C42H51ClF2N4O7S. The van der Waals surface area contributed by atoms with E-state index in [9.17, 15) is 18.4 Å². The first kappa shape index (κ1) is 42.2. The predicted octanol–water partition coefficient (Wildman–Crippen LogP) is 8.98. The van der Waals surface area contributed by atoms with Crippen molar-refractivity contribution in [3.63, 3.8) is 0 Å². The molecule has 2 atom stereocenters. The lowest BCUT2D eigenvalue weighted by Crippen LogP contribution is -2.66. The fraction of sp³-hybridized carbons (Fsp3) is 0.524. The molecule has 308 valence electrons. The summed E-state index contributed by atoms with van der Waals surface area (Å²) in [4.78, 5) is 53.7. The van der Waals surface area contributed by atoms with Gasteiger partial charge in [0.15, 0.2) is 11.6 Å². The highest BCUT2D eigenvalue weighted by Gasteiger charge is 2.51. The van der Waals surface area contributed by atoms with Crippen LogP contribution in [0, 0.1) is 18.6 Å². The monoisotopic (exact) mass is 828 g/mol. The zero-order valence-electron chi connectivity index (χ0n) is 33.7. The summed E-state index contributed by atoms with van der Waals surface area (Å²) < 4.78 is 51.1. The van der Waals surface area contributed by atoms with Gasteiger partial charge < -0.3 is 28.7 Å². The lowest BCUT2D eigenvalue weighted by Gasteiger charge is -2.51. The molecule has 1 aromatic heterocycles. The van der Waals surface area contributed by atoms with Crippen LogP contribution in [-0.4, -0.2) is 93.9 Å². The average Bonchev–Trinajstić information content (AvgIpc) is 3.86. The predicted molar refractivity (Wildman–Crippen MR) is 214 cm³/mol. The van der Waals surface area contributed by atoms with Gasteiger partial charge in [0.2, 0.25) is 0 Å². The maximum Gasteiger partial charge on any atom is 0.411 e. The number of aryl methyl sites for hydroxylation is 1. The highest BCUT2D eigenvalue weighted by atomic mass is 35.5. The van der Waals surface area contributed by atoms with Crippen LogP contribution in [0.2, 0.25) is 5.02 Å². The highest BCUT2D eigenvalue weighted by molar-refractivity contribution is 7.12. The van der Waals surface area contributed by atoms with E-state index >= 15 is 4.79 Å². The Morgan fingerprint density at radius 2 is 1.67 bits per heavy atom. The molecule has 2 bridgehead atoms. The standard InChI is InChI=1S/C42H51ClF2N4O7S/c1-24-25(11-9-12-32(24)53-8)21-48(26-14-15-26)38(50)35-28(33-20-46-34(57-33)13-10-18-54-37-30(45)17-16-29(44)36(37)43)19-27-22-47(39(51)55-41(2,3)4)23-31(35)49(27)40(52)56-42(5,6)7/h9,11-12,16-17,20,26-27,31H,10,13-15,18-19,21-23H2,1-8H3. The number of hydrogen-bond donors (Lipinski definition) is 0. The zero-order chi connectivity index (χ0) is 41.4. The Bertz CT molecular complexity index is 2040. The third-order valence-electron chi connectivity index (χ3n) is 9.98. The summed E-state index contributed by atoms with van der Waals surface area (Å²) in [5.41, 5.74) is 1.48. The molecule has 3 aliphatic rings. The second kappa shape index (κ2) is 16.8. The number of nitrogens with zero attached hydrogens (tertiary/aromatic N) is 4. The van der Waals surface area contributed by atoms with Crippen molar-refractivity contribution in [3.05, 3.63) is 79.8 Å². The quantitative estimate of drug-likeness (QED) is 0.139. The van der Waals surface area contributed by atoms with E-state index in [1.165, 1.54) is 11.3 Å². The van der Waals surface area contributed by atoms with Gasteiger partial charge in [0.25, 0.3) is 5.91 Å². The lowest BCUT2D eigenvalue weighted by atomic mass is 9.83. The van der Waals surface area contributed by atoms with Gasteiger partial charge >= 0.3 is 12.2 Å². The maximum atomic E-state index is 15.3. The number of rotatable bonds is 11. The molecule has 3 amide bonds. The molecule has 3 heterocycles. The first-order valence-electron chi connectivity index (χ1n) is 19.2. The summed E-state index contributed by atoms with van der Waals surface area (Å²) >= 11 is 7.36. The van der Waals surface area contributed by atoms with E-state index < -0.39 is 52.1 Å². The van der Waals surface area contributed by atoms with Gasteiger partial charge in [0.1, 0.15) is 27.8 Å². The fourth-order valence-electron chi connectivity index (χ4n) is 7.23. The lowest BCUT2D eigenvalue weighted by molar-refractivity contribution is -0.129. The van der Waals surface area contributed by atoms with Crippen LogP contribution in [0.3, 0.4) is 0 Å². The number of hydrogen-bond acceptors (Lipinski definition) is 9. The molecule has 2 unspecified atom stereocenters. The number of aromatic nitrogens is 1. The number of piperazine rings is 1. The van der Waals surface area contributed by atoms with Gasteiger partial charge in [0, 0.05) is 43.9 Å². The molecular weight excluding hydrogens is 778 g/mol. The Balaban J connectivity index is 1.38. The van der Waals surface area contributed by atoms with E-state index in [1.807, 2.05) is 30.0 Å². The molecule has 11 nitrogen and oxygen atoms in total. The van der Waals surface area contributed by atoms with Crippen LogP contribution >= 0.6 is 22.9 Å². The van der Waals surface area contributed by atoms with Crippen molar-refractivity contribution in [2.75, 3.05) is 26.8 Å². The topological polar surface area (TPSA) is 111 Å². The molecule has 6 rings (SSSR count). The number of methoxy groups -OCH3 is 1. The van der Waals surface area contributed by atoms with Crippen molar-refractivity contribution in [1.29, 1.82) is 0 Å². The molecule has 0 spiro atoms. The van der Waals surface area contributed by atoms with Crippen LogP contribution < -0.4 is 9.47 Å². The molecule has 1 saturated heterocycles. The Morgan fingerprint density at radius 1 is 0.982 bits per heavy atom. The highest BCUT2D eigenvalue weighted by Crippen LogP contribution is 2.43. The van der Waals surface area contributed by atoms with Crippen LogP contribution in [0.15, 0.2) is 42.1 Å². The molecule has 1 saturated carbocycles. The molecule has 2 aromatic carbocycles. The van der Waals surface area contributed by atoms with Crippen molar-refractivity contribution >= 4 is 46.6 Å². The first-order valence-corrected chi connectivity index (χ1v) is 20.4. The summed E-state index contributed by atoms with van der Waals surface area (Å²) in [7, 11) is 1.62. The smallest absolute Gasteiger partial charge is 0.411 e. The van der Waals surface area contributed by atoms with Gasteiger partial charge in [0.05, 0.1) is 35.7 Å². The van der Waals surface area contributed by atoms with Crippen LogP contribution in [0.4, 0.5) is 18.4 Å². The second-order valence-electron chi connectivity index (χ2n) is 16.7. The van der Waals surface area contributed by atoms with Crippen LogP contribution in [0.5, 0.6) is 11.5 Å². The number of fused-ring (bicyclic) bond motifs is 2. The molecule has 3 aromatic rings. The van der Waals surface area contributed by atoms with Gasteiger partial charge in [-0.15, -0.1) is 11.3 Å². The number of ether oxygens (including phenoxy) is 4. The Labute approximate surface area is 341 Å². The first-order chi connectivity index (χ1) is 26.8. The van der Waals surface area contributed by atoms with E-state index in [-0.39, 0.29) is 43.8 Å². The Hall–Kier alpha value is -4.43.